The van der Waals surface area contributed by atoms with Crippen LogP contribution >= 0.6 is 11.3 Å². The van der Waals surface area contributed by atoms with Gasteiger partial charge in [-0.25, -0.2) is 0 Å². The molecular weight excluding hydrogens is 244 g/mol. The zero-order valence-electron chi connectivity index (χ0n) is 11.2. The molecule has 1 aromatic rings. The largest absolute Gasteiger partial charge is 0.344 e. The van der Waals surface area contributed by atoms with Crippen LogP contribution in [0.15, 0.2) is 17.5 Å². The third kappa shape index (κ3) is 3.56. The summed E-state index contributed by atoms with van der Waals surface area (Å²) in [5, 5.41) is 5.42. The summed E-state index contributed by atoms with van der Waals surface area (Å²) in [6.07, 6.45) is 3.12. The first kappa shape index (κ1) is 13.6. The van der Waals surface area contributed by atoms with Crippen LogP contribution in [0.3, 0.4) is 0 Å². The predicted octanol–water partition coefficient (Wildman–Crippen LogP) is 2.14. The summed E-state index contributed by atoms with van der Waals surface area (Å²) in [5.74, 6) is 0.906. The number of hydrogen-bond acceptors (Lipinski definition) is 3. The third-order valence-corrected chi connectivity index (χ3v) is 4.55. The van der Waals surface area contributed by atoms with Gasteiger partial charge < -0.3 is 10.2 Å². The van der Waals surface area contributed by atoms with Crippen LogP contribution in [0.4, 0.5) is 0 Å². The summed E-state index contributed by atoms with van der Waals surface area (Å²) >= 11 is 1.76. The van der Waals surface area contributed by atoms with Gasteiger partial charge in [0, 0.05) is 18.5 Å². The number of hydrogen-bond donors (Lipinski definition) is 1. The fourth-order valence-electron chi connectivity index (χ4n) is 2.40. The Labute approximate surface area is 113 Å². The maximum absolute atomic E-state index is 12.3. The highest BCUT2D eigenvalue weighted by molar-refractivity contribution is 7.09. The number of thiophene rings is 1. The van der Waals surface area contributed by atoms with Gasteiger partial charge in [0.2, 0.25) is 5.91 Å². The molecule has 18 heavy (non-hydrogen) atoms. The van der Waals surface area contributed by atoms with E-state index in [9.17, 15) is 4.79 Å². The average molecular weight is 266 g/mol. The summed E-state index contributed by atoms with van der Waals surface area (Å²) in [6, 6.07) is 4.22. The topological polar surface area (TPSA) is 32.3 Å². The van der Waals surface area contributed by atoms with Gasteiger partial charge in [-0.15, -0.1) is 11.3 Å². The van der Waals surface area contributed by atoms with Crippen LogP contribution in [0.25, 0.3) is 0 Å². The highest BCUT2D eigenvalue weighted by Crippen LogP contribution is 2.16. The van der Waals surface area contributed by atoms with Gasteiger partial charge in [-0.3, -0.25) is 4.79 Å². The summed E-state index contributed by atoms with van der Waals surface area (Å²) < 4.78 is 0. The molecule has 1 N–H and O–H groups in total. The van der Waals surface area contributed by atoms with Gasteiger partial charge in [-0.2, -0.15) is 0 Å². The Balaban J connectivity index is 1.80. The number of carbonyl (C=O) groups is 1. The first-order valence-electron chi connectivity index (χ1n) is 6.67. The van der Waals surface area contributed by atoms with Crippen molar-refractivity contribution in [2.75, 3.05) is 20.1 Å². The molecule has 2 rings (SSSR count). The molecule has 0 aliphatic carbocycles. The Morgan fingerprint density at radius 2 is 2.44 bits per heavy atom. The summed E-state index contributed by atoms with van der Waals surface area (Å²) in [4.78, 5) is 15.5. The molecule has 0 bridgehead atoms. The molecule has 0 saturated carbocycles. The minimum absolute atomic E-state index is 0.0297. The Morgan fingerprint density at radius 1 is 1.61 bits per heavy atom. The Morgan fingerprint density at radius 3 is 3.11 bits per heavy atom. The van der Waals surface area contributed by atoms with Crippen molar-refractivity contribution in [3.63, 3.8) is 0 Å². The molecule has 2 unspecified atom stereocenters. The molecule has 1 amide bonds. The lowest BCUT2D eigenvalue weighted by Gasteiger charge is -2.30. The molecule has 2 atom stereocenters. The highest BCUT2D eigenvalue weighted by atomic mass is 32.1. The minimum Gasteiger partial charge on any atom is -0.344 e. The second-order valence-corrected chi connectivity index (χ2v) is 6.26. The van der Waals surface area contributed by atoms with Crippen molar-refractivity contribution in [3.8, 4) is 0 Å². The van der Waals surface area contributed by atoms with Crippen molar-refractivity contribution in [2.24, 2.45) is 5.92 Å². The van der Waals surface area contributed by atoms with Crippen molar-refractivity contribution in [2.45, 2.75) is 32.2 Å². The van der Waals surface area contributed by atoms with E-state index in [1.165, 1.54) is 11.3 Å². The van der Waals surface area contributed by atoms with Crippen LogP contribution in [0.1, 0.15) is 24.6 Å². The zero-order valence-corrected chi connectivity index (χ0v) is 12.0. The number of amides is 1. The van der Waals surface area contributed by atoms with Crippen LogP contribution < -0.4 is 5.32 Å². The average Bonchev–Trinajstić information content (AvgIpc) is 2.88. The molecule has 100 valence electrons. The molecule has 0 spiro atoms. The molecule has 1 saturated heterocycles. The zero-order chi connectivity index (χ0) is 13.0. The standard InChI is InChI=1S/C14H22N2OS/c1-11-5-7-15-13(10-11)14(17)16(2)8-6-12-4-3-9-18-12/h3-4,9,11,13,15H,5-8,10H2,1-2H3. The Bertz CT molecular complexity index is 377. The smallest absolute Gasteiger partial charge is 0.239 e. The Hall–Kier alpha value is -0.870. The lowest BCUT2D eigenvalue weighted by molar-refractivity contribution is -0.133. The molecule has 4 heteroatoms. The fourth-order valence-corrected chi connectivity index (χ4v) is 3.10. The molecule has 0 radical (unpaired) electrons. The van der Waals surface area contributed by atoms with E-state index < -0.39 is 0 Å². The first-order chi connectivity index (χ1) is 8.66. The SMILES string of the molecule is CC1CCNC(C(=O)N(C)CCc2cccs2)C1. The van der Waals surface area contributed by atoms with Crippen molar-refractivity contribution < 1.29 is 4.79 Å². The van der Waals surface area contributed by atoms with E-state index >= 15 is 0 Å². The van der Waals surface area contributed by atoms with Crippen LogP contribution in [0.2, 0.25) is 0 Å². The van der Waals surface area contributed by atoms with E-state index in [0.29, 0.717) is 5.92 Å². The number of piperidine rings is 1. The summed E-state index contributed by atoms with van der Waals surface area (Å²) in [6.45, 7) is 4.01. The molecule has 2 heterocycles. The highest BCUT2D eigenvalue weighted by Gasteiger charge is 2.26. The van der Waals surface area contributed by atoms with Crippen molar-refractivity contribution in [3.05, 3.63) is 22.4 Å². The van der Waals surface area contributed by atoms with E-state index in [4.69, 9.17) is 0 Å². The molecule has 3 nitrogen and oxygen atoms in total. The first-order valence-corrected chi connectivity index (χ1v) is 7.55. The maximum atomic E-state index is 12.3. The van der Waals surface area contributed by atoms with E-state index in [0.717, 1.165) is 25.9 Å². The third-order valence-electron chi connectivity index (χ3n) is 3.61. The lowest BCUT2D eigenvalue weighted by atomic mass is 9.93. The second kappa shape index (κ2) is 6.34. The molecule has 1 fully saturated rings. The lowest BCUT2D eigenvalue weighted by Crippen LogP contribution is -2.49. The normalized spacial score (nSPS) is 23.9. The summed E-state index contributed by atoms with van der Waals surface area (Å²) in [7, 11) is 1.91. The van der Waals surface area contributed by atoms with Gasteiger partial charge in [0.05, 0.1) is 6.04 Å². The van der Waals surface area contributed by atoms with Crippen molar-refractivity contribution in [1.82, 2.24) is 10.2 Å². The fraction of sp³-hybridized carbons (Fsp3) is 0.643. The van der Waals surface area contributed by atoms with Crippen LogP contribution in [-0.2, 0) is 11.2 Å². The molecule has 1 aromatic heterocycles. The quantitative estimate of drug-likeness (QED) is 0.905. The second-order valence-electron chi connectivity index (χ2n) is 5.23. The number of rotatable bonds is 4. The van der Waals surface area contributed by atoms with Gasteiger partial charge in [-0.05, 0) is 43.2 Å². The monoisotopic (exact) mass is 266 g/mol. The van der Waals surface area contributed by atoms with E-state index in [-0.39, 0.29) is 11.9 Å². The summed E-state index contributed by atoms with van der Waals surface area (Å²) in [5.41, 5.74) is 0. The number of likely N-dealkylation sites (N-methyl/N-ethyl adjacent to an activating group) is 1. The van der Waals surface area contributed by atoms with Crippen LogP contribution in [0.5, 0.6) is 0 Å². The van der Waals surface area contributed by atoms with E-state index in [1.54, 1.807) is 11.3 Å². The minimum atomic E-state index is 0.0297. The molecule has 1 aliphatic heterocycles. The van der Waals surface area contributed by atoms with Gasteiger partial charge in [-0.1, -0.05) is 13.0 Å². The van der Waals surface area contributed by atoms with Crippen LogP contribution in [0, 0.1) is 5.92 Å². The van der Waals surface area contributed by atoms with Gasteiger partial charge in [0.25, 0.3) is 0 Å². The van der Waals surface area contributed by atoms with Gasteiger partial charge in [0.1, 0.15) is 0 Å². The van der Waals surface area contributed by atoms with Crippen molar-refractivity contribution >= 4 is 17.2 Å². The van der Waals surface area contributed by atoms with Gasteiger partial charge >= 0.3 is 0 Å². The van der Waals surface area contributed by atoms with Gasteiger partial charge in [0.15, 0.2) is 0 Å². The van der Waals surface area contributed by atoms with Crippen LogP contribution in [-0.4, -0.2) is 37.0 Å². The predicted molar refractivity (Wildman–Crippen MR) is 75.8 cm³/mol. The molecular formula is C14H22N2OS. The number of nitrogens with one attached hydrogen (secondary N) is 1. The van der Waals surface area contributed by atoms with E-state index in [2.05, 4.69) is 29.8 Å². The number of carbonyl (C=O) groups excluding carboxylic acids is 1. The maximum Gasteiger partial charge on any atom is 0.239 e. The molecule has 0 aromatic carbocycles. The molecule has 1 aliphatic rings. The number of nitrogens with zero attached hydrogens (tertiary/aromatic N) is 1. The van der Waals surface area contributed by atoms with E-state index in [1.807, 2.05) is 11.9 Å². The van der Waals surface area contributed by atoms with Crippen molar-refractivity contribution in [1.29, 1.82) is 0 Å². The Kier molecular flexibility index (Phi) is 4.78.